The molecule has 2 aliphatic rings. The number of anilines is 1. The molecule has 28 heavy (non-hydrogen) atoms. The van der Waals surface area contributed by atoms with Crippen molar-refractivity contribution < 1.29 is 9.53 Å². The molecule has 1 aliphatic carbocycles. The summed E-state index contributed by atoms with van der Waals surface area (Å²) in [6.45, 7) is 4.13. The van der Waals surface area contributed by atoms with Crippen molar-refractivity contribution in [3.05, 3.63) is 28.6 Å². The van der Waals surface area contributed by atoms with Gasteiger partial charge in [-0.3, -0.25) is 4.90 Å². The van der Waals surface area contributed by atoms with Gasteiger partial charge in [0.2, 0.25) is 11.9 Å². The number of thiophene rings is 1. The van der Waals surface area contributed by atoms with Gasteiger partial charge >= 0.3 is 5.97 Å². The summed E-state index contributed by atoms with van der Waals surface area (Å²) in [6.07, 6.45) is 5.12. The first-order chi connectivity index (χ1) is 13.4. The highest BCUT2D eigenvalue weighted by Gasteiger charge is 2.42. The molecule has 1 aromatic carbocycles. The Hall–Kier alpha value is -2.61. The summed E-state index contributed by atoms with van der Waals surface area (Å²) >= 11 is 1.45. The molecule has 7 nitrogen and oxygen atoms in total. The SMILES string of the molecule is CCOC(=O)c1sc2ccc(N3C(N)=NC(N)=NC34CCCCC4)cc2c1C. The van der Waals surface area contributed by atoms with Crippen molar-refractivity contribution in [2.45, 2.75) is 51.6 Å². The largest absolute Gasteiger partial charge is 0.462 e. The predicted octanol–water partition coefficient (Wildman–Crippen LogP) is 3.50. The summed E-state index contributed by atoms with van der Waals surface area (Å²) in [6, 6.07) is 6.11. The van der Waals surface area contributed by atoms with E-state index in [1.807, 2.05) is 30.9 Å². The molecule has 1 fully saturated rings. The fourth-order valence-electron chi connectivity index (χ4n) is 4.23. The third-order valence-corrected chi connectivity index (χ3v) is 6.74. The Labute approximate surface area is 168 Å². The zero-order valence-corrected chi connectivity index (χ0v) is 17.0. The van der Waals surface area contributed by atoms with Crippen molar-refractivity contribution in [1.29, 1.82) is 0 Å². The average Bonchev–Trinajstić information content (AvgIpc) is 2.98. The van der Waals surface area contributed by atoms with Gasteiger partial charge in [0.05, 0.1) is 6.61 Å². The number of nitrogens with zero attached hydrogens (tertiary/aromatic N) is 3. The second kappa shape index (κ2) is 7.09. The number of carbonyl (C=O) groups excluding carboxylic acids is 1. The number of benzene rings is 1. The van der Waals surface area contributed by atoms with Crippen LogP contribution in [0.2, 0.25) is 0 Å². The number of nitrogens with two attached hydrogens (primary N) is 2. The van der Waals surface area contributed by atoms with Crippen molar-refractivity contribution in [2.75, 3.05) is 11.5 Å². The van der Waals surface area contributed by atoms with Gasteiger partial charge < -0.3 is 16.2 Å². The summed E-state index contributed by atoms with van der Waals surface area (Å²) in [5, 5.41) is 1.02. The molecule has 0 radical (unpaired) electrons. The number of rotatable bonds is 3. The molecule has 1 aliphatic heterocycles. The number of aliphatic imine (C=N–C) groups is 2. The lowest BCUT2D eigenvalue weighted by atomic mass is 9.87. The van der Waals surface area contributed by atoms with Gasteiger partial charge in [0.15, 0.2) is 0 Å². The van der Waals surface area contributed by atoms with Crippen LogP contribution in [0, 0.1) is 6.92 Å². The minimum atomic E-state index is -0.476. The predicted molar refractivity (Wildman–Crippen MR) is 114 cm³/mol. The smallest absolute Gasteiger partial charge is 0.348 e. The number of carbonyl (C=O) groups is 1. The average molecular weight is 400 g/mol. The summed E-state index contributed by atoms with van der Waals surface area (Å²) in [5.74, 6) is 0.336. The van der Waals surface area contributed by atoms with Crippen LogP contribution in [0.5, 0.6) is 0 Å². The van der Waals surface area contributed by atoms with E-state index in [-0.39, 0.29) is 11.9 Å². The van der Waals surface area contributed by atoms with Crippen molar-refractivity contribution >= 4 is 45.0 Å². The fraction of sp³-hybridized carbons (Fsp3) is 0.450. The highest BCUT2D eigenvalue weighted by atomic mass is 32.1. The molecular formula is C20H25N5O2S. The van der Waals surface area contributed by atoms with E-state index < -0.39 is 5.66 Å². The number of aryl methyl sites for hydroxylation is 1. The Balaban J connectivity index is 1.80. The zero-order chi connectivity index (χ0) is 19.9. The maximum Gasteiger partial charge on any atom is 0.348 e. The Bertz CT molecular complexity index is 988. The maximum absolute atomic E-state index is 12.3. The van der Waals surface area contributed by atoms with Crippen LogP contribution in [-0.4, -0.2) is 30.2 Å². The molecule has 0 bridgehead atoms. The van der Waals surface area contributed by atoms with E-state index in [1.54, 1.807) is 0 Å². The first-order valence-corrected chi connectivity index (χ1v) is 10.5. The number of esters is 1. The molecule has 8 heteroatoms. The molecule has 1 aromatic heterocycles. The third kappa shape index (κ3) is 3.01. The number of fused-ring (bicyclic) bond motifs is 1. The van der Waals surface area contributed by atoms with Gasteiger partial charge in [-0.05, 0) is 68.7 Å². The quantitative estimate of drug-likeness (QED) is 0.768. The Morgan fingerprint density at radius 2 is 2.04 bits per heavy atom. The number of ether oxygens (including phenoxy) is 1. The van der Waals surface area contributed by atoms with Crippen LogP contribution in [0.4, 0.5) is 5.69 Å². The van der Waals surface area contributed by atoms with Gasteiger partial charge in [-0.25, -0.2) is 9.79 Å². The molecule has 0 saturated heterocycles. The highest BCUT2D eigenvalue weighted by molar-refractivity contribution is 7.21. The number of hydrogen-bond acceptors (Lipinski definition) is 8. The molecular weight excluding hydrogens is 374 g/mol. The van der Waals surface area contributed by atoms with Crippen LogP contribution in [0.15, 0.2) is 28.2 Å². The minimum absolute atomic E-state index is 0.244. The van der Waals surface area contributed by atoms with Crippen LogP contribution in [-0.2, 0) is 4.74 Å². The molecule has 0 amide bonds. The summed E-state index contributed by atoms with van der Waals surface area (Å²) in [4.78, 5) is 23.9. The first-order valence-electron chi connectivity index (χ1n) is 9.65. The second-order valence-corrected chi connectivity index (χ2v) is 8.33. The molecule has 1 spiro atoms. The van der Waals surface area contributed by atoms with Gasteiger partial charge in [-0.15, -0.1) is 11.3 Å². The van der Waals surface area contributed by atoms with E-state index in [4.69, 9.17) is 21.2 Å². The monoisotopic (exact) mass is 399 g/mol. The van der Waals surface area contributed by atoms with Crippen molar-refractivity contribution in [2.24, 2.45) is 21.5 Å². The van der Waals surface area contributed by atoms with Crippen molar-refractivity contribution in [1.82, 2.24) is 0 Å². The summed E-state index contributed by atoms with van der Waals surface area (Å²) in [7, 11) is 0. The van der Waals surface area contributed by atoms with Crippen LogP contribution >= 0.6 is 11.3 Å². The lowest BCUT2D eigenvalue weighted by Crippen LogP contribution is -2.58. The van der Waals surface area contributed by atoms with E-state index in [2.05, 4.69) is 11.1 Å². The van der Waals surface area contributed by atoms with Crippen LogP contribution in [0.25, 0.3) is 10.1 Å². The molecule has 2 aromatic rings. The van der Waals surface area contributed by atoms with Crippen molar-refractivity contribution in [3.63, 3.8) is 0 Å². The number of guanidine groups is 2. The summed E-state index contributed by atoms with van der Waals surface area (Å²) < 4.78 is 6.23. The Morgan fingerprint density at radius 1 is 1.29 bits per heavy atom. The molecule has 4 rings (SSSR count). The van der Waals surface area contributed by atoms with Gasteiger partial charge in [0, 0.05) is 10.4 Å². The molecule has 0 unspecified atom stereocenters. The Kier molecular flexibility index (Phi) is 4.74. The van der Waals surface area contributed by atoms with Crippen molar-refractivity contribution in [3.8, 4) is 0 Å². The minimum Gasteiger partial charge on any atom is -0.462 e. The van der Waals surface area contributed by atoms with Crippen LogP contribution in [0.1, 0.15) is 54.3 Å². The summed E-state index contributed by atoms with van der Waals surface area (Å²) in [5.41, 5.74) is 13.7. The lowest BCUT2D eigenvalue weighted by Gasteiger charge is -2.45. The van der Waals surface area contributed by atoms with E-state index in [9.17, 15) is 4.79 Å². The van der Waals surface area contributed by atoms with Gasteiger partial charge in [0.25, 0.3) is 0 Å². The highest BCUT2D eigenvalue weighted by Crippen LogP contribution is 2.41. The molecule has 148 valence electrons. The van der Waals surface area contributed by atoms with Crippen LogP contribution < -0.4 is 16.4 Å². The normalized spacial score (nSPS) is 18.9. The van der Waals surface area contributed by atoms with Crippen LogP contribution in [0.3, 0.4) is 0 Å². The van der Waals surface area contributed by atoms with Gasteiger partial charge in [-0.2, -0.15) is 4.99 Å². The molecule has 2 heterocycles. The van der Waals surface area contributed by atoms with Gasteiger partial charge in [-0.1, -0.05) is 6.42 Å². The van der Waals surface area contributed by atoms with E-state index in [1.165, 1.54) is 17.8 Å². The first kappa shape index (κ1) is 18.7. The fourth-order valence-corrected chi connectivity index (χ4v) is 5.32. The third-order valence-electron chi connectivity index (χ3n) is 5.49. The molecule has 0 atom stereocenters. The van der Waals surface area contributed by atoms with E-state index in [0.29, 0.717) is 17.4 Å². The van der Waals surface area contributed by atoms with Gasteiger partial charge in [0.1, 0.15) is 10.5 Å². The number of hydrogen-bond donors (Lipinski definition) is 2. The molecule has 4 N–H and O–H groups in total. The molecule has 1 saturated carbocycles. The Morgan fingerprint density at radius 3 is 2.75 bits per heavy atom. The topological polar surface area (TPSA) is 106 Å². The maximum atomic E-state index is 12.3. The van der Waals surface area contributed by atoms with E-state index >= 15 is 0 Å². The zero-order valence-electron chi connectivity index (χ0n) is 16.2. The standard InChI is InChI=1S/C20H25N5O2S/c1-3-27-17(26)16-12(2)14-11-13(7-8-15(14)28-16)25-19(22)23-18(21)24-20(25)9-5-4-6-10-20/h7-8,11H,3-6,9-10H2,1-2H3,(H4,21,22,23,24). The lowest BCUT2D eigenvalue weighted by molar-refractivity contribution is 0.0531. The second-order valence-electron chi connectivity index (χ2n) is 7.28. The van der Waals surface area contributed by atoms with E-state index in [0.717, 1.165) is 47.0 Å².